The van der Waals surface area contributed by atoms with Crippen molar-refractivity contribution in [1.29, 1.82) is 0 Å². The molecule has 0 radical (unpaired) electrons. The summed E-state index contributed by atoms with van der Waals surface area (Å²) in [6.45, 7) is 6.38. The summed E-state index contributed by atoms with van der Waals surface area (Å²) in [5, 5.41) is 0. The summed E-state index contributed by atoms with van der Waals surface area (Å²) < 4.78 is 16.8. The van der Waals surface area contributed by atoms with Gasteiger partial charge in [-0.1, -0.05) is 284 Å². The molecule has 0 fully saturated rings. The third-order valence-corrected chi connectivity index (χ3v) is 12.0. The van der Waals surface area contributed by atoms with Crippen LogP contribution in [0, 0.1) is 0 Å². The fourth-order valence-electron chi connectivity index (χ4n) is 7.72. The summed E-state index contributed by atoms with van der Waals surface area (Å²) in [4.78, 5) is 38.2. The molecule has 0 saturated carbocycles. The van der Waals surface area contributed by atoms with Crippen molar-refractivity contribution in [3.05, 3.63) is 109 Å². The third-order valence-electron chi connectivity index (χ3n) is 12.0. The zero-order valence-corrected chi connectivity index (χ0v) is 44.8. The van der Waals surface area contributed by atoms with E-state index < -0.39 is 6.10 Å². The first kappa shape index (κ1) is 65.1. The van der Waals surface area contributed by atoms with Gasteiger partial charge < -0.3 is 14.2 Å². The Morgan fingerprint density at radius 1 is 0.304 bits per heavy atom. The van der Waals surface area contributed by atoms with Gasteiger partial charge >= 0.3 is 17.9 Å². The lowest BCUT2D eigenvalue weighted by Crippen LogP contribution is -2.30. The Labute approximate surface area is 425 Å². The van der Waals surface area contributed by atoms with Gasteiger partial charge in [0.25, 0.3) is 0 Å². The van der Waals surface area contributed by atoms with E-state index in [0.29, 0.717) is 19.3 Å². The van der Waals surface area contributed by atoms with Gasteiger partial charge in [-0.15, -0.1) is 0 Å². The zero-order valence-electron chi connectivity index (χ0n) is 44.8. The van der Waals surface area contributed by atoms with E-state index in [1.165, 1.54) is 103 Å². The van der Waals surface area contributed by atoms with E-state index in [1.807, 2.05) is 42.5 Å². The van der Waals surface area contributed by atoms with Crippen molar-refractivity contribution in [2.24, 2.45) is 0 Å². The van der Waals surface area contributed by atoms with Crippen molar-refractivity contribution in [3.8, 4) is 0 Å². The quantitative estimate of drug-likeness (QED) is 0.0262. The van der Waals surface area contributed by atoms with Crippen molar-refractivity contribution in [2.45, 2.75) is 258 Å². The molecule has 0 rings (SSSR count). The molecule has 0 N–H and O–H groups in total. The molecule has 0 aliphatic rings. The fraction of sp³-hybridized carbons (Fsp3) is 0.667. The van der Waals surface area contributed by atoms with Crippen molar-refractivity contribution < 1.29 is 28.6 Å². The van der Waals surface area contributed by atoms with E-state index in [4.69, 9.17) is 14.2 Å². The molecule has 0 saturated heterocycles. The molecule has 0 aromatic heterocycles. The van der Waals surface area contributed by atoms with E-state index in [2.05, 4.69) is 87.6 Å². The Hall–Kier alpha value is -3.93. The molecule has 0 aromatic rings. The van der Waals surface area contributed by atoms with Crippen LogP contribution in [-0.4, -0.2) is 37.2 Å². The molecule has 1 atom stereocenters. The first-order valence-corrected chi connectivity index (χ1v) is 28.5. The van der Waals surface area contributed by atoms with Crippen LogP contribution >= 0.6 is 0 Å². The molecular formula is C63H104O6. The lowest BCUT2D eigenvalue weighted by Gasteiger charge is -2.18. The summed E-state index contributed by atoms with van der Waals surface area (Å²) in [6.07, 6.45) is 76.4. The highest BCUT2D eigenvalue weighted by Gasteiger charge is 2.19. The highest BCUT2D eigenvalue weighted by Crippen LogP contribution is 2.16. The predicted octanol–water partition coefficient (Wildman–Crippen LogP) is 19.1. The van der Waals surface area contributed by atoms with E-state index in [9.17, 15) is 14.4 Å². The molecule has 0 aliphatic heterocycles. The van der Waals surface area contributed by atoms with Crippen LogP contribution < -0.4 is 0 Å². The number of allylic oxidation sites excluding steroid dienone is 18. The van der Waals surface area contributed by atoms with Gasteiger partial charge in [0.1, 0.15) is 13.2 Å². The fourth-order valence-corrected chi connectivity index (χ4v) is 7.72. The smallest absolute Gasteiger partial charge is 0.306 e. The Kier molecular flexibility index (Phi) is 53.4. The zero-order chi connectivity index (χ0) is 50.0. The standard InChI is InChI=1S/C63H104O6/c1-4-7-10-13-16-19-22-25-28-30-32-35-38-41-44-47-50-53-56-62(65)68-59-60(58-67-61(64)55-52-49-46-43-40-37-34-27-24-21-18-15-12-9-6-3)69-63(66)57-54-51-48-45-42-39-36-33-31-29-26-23-20-17-14-11-8-5-2/h9-10,12-13,15-16,18-19,21-22,24-25,27-28,30,32,34-35,60H,4-8,11,14,17,20,23,26,29,31,33,36-59H2,1-3H3/b12-9-,13-10-,18-15-,19-16-,24-21-,25-22-,30-28-,34-27-,35-32-. The van der Waals surface area contributed by atoms with Gasteiger partial charge in [0.2, 0.25) is 0 Å². The van der Waals surface area contributed by atoms with Crippen molar-refractivity contribution in [1.82, 2.24) is 0 Å². The lowest BCUT2D eigenvalue weighted by molar-refractivity contribution is -0.167. The van der Waals surface area contributed by atoms with E-state index >= 15 is 0 Å². The molecule has 0 heterocycles. The monoisotopic (exact) mass is 957 g/mol. The molecule has 0 aliphatic carbocycles. The van der Waals surface area contributed by atoms with Crippen LogP contribution in [0.5, 0.6) is 0 Å². The van der Waals surface area contributed by atoms with Crippen LogP contribution in [0.25, 0.3) is 0 Å². The van der Waals surface area contributed by atoms with Gasteiger partial charge in [-0.25, -0.2) is 0 Å². The largest absolute Gasteiger partial charge is 0.462 e. The minimum absolute atomic E-state index is 0.0989. The van der Waals surface area contributed by atoms with Gasteiger partial charge in [0.15, 0.2) is 6.10 Å². The molecule has 0 aromatic carbocycles. The molecule has 1 unspecified atom stereocenters. The summed E-state index contributed by atoms with van der Waals surface area (Å²) in [6, 6.07) is 0. The summed E-state index contributed by atoms with van der Waals surface area (Å²) in [5.74, 6) is -0.941. The average molecular weight is 958 g/mol. The van der Waals surface area contributed by atoms with Crippen LogP contribution in [0.3, 0.4) is 0 Å². The number of esters is 3. The first-order chi connectivity index (χ1) is 34.0. The predicted molar refractivity (Wildman–Crippen MR) is 297 cm³/mol. The molecule has 6 heteroatoms. The van der Waals surface area contributed by atoms with Crippen LogP contribution in [0.4, 0.5) is 0 Å². The Morgan fingerprint density at radius 3 is 0.942 bits per heavy atom. The molecular weight excluding hydrogens is 853 g/mol. The SMILES string of the molecule is CC\C=C/C=C\C=C/C=C\CCCCCCCC(=O)OCC(COC(=O)CCCCCCC\C=C/C=C\C=C/C=C\C=C/CCC)OC(=O)CCCCCCCCCCCCCCCCCCCC. The van der Waals surface area contributed by atoms with Gasteiger partial charge in [-0.2, -0.15) is 0 Å². The van der Waals surface area contributed by atoms with E-state index in [-0.39, 0.29) is 31.1 Å². The second-order valence-corrected chi connectivity index (χ2v) is 18.7. The van der Waals surface area contributed by atoms with Crippen LogP contribution in [0.1, 0.15) is 252 Å². The summed E-state index contributed by atoms with van der Waals surface area (Å²) in [7, 11) is 0. The number of hydrogen-bond acceptors (Lipinski definition) is 6. The van der Waals surface area contributed by atoms with Crippen molar-refractivity contribution >= 4 is 17.9 Å². The van der Waals surface area contributed by atoms with E-state index in [0.717, 1.165) is 109 Å². The number of hydrogen-bond donors (Lipinski definition) is 0. The number of ether oxygens (including phenoxy) is 3. The number of rotatable bonds is 50. The Morgan fingerprint density at radius 2 is 0.594 bits per heavy atom. The van der Waals surface area contributed by atoms with Gasteiger partial charge in [-0.3, -0.25) is 14.4 Å². The van der Waals surface area contributed by atoms with Gasteiger partial charge in [0.05, 0.1) is 0 Å². The third kappa shape index (κ3) is 54.9. The maximum Gasteiger partial charge on any atom is 0.306 e. The Balaban J connectivity index is 4.47. The number of unbranched alkanes of at least 4 members (excludes halogenated alkanes) is 28. The maximum absolute atomic E-state index is 12.9. The normalized spacial score (nSPS) is 12.9. The minimum atomic E-state index is -0.800. The molecule has 6 nitrogen and oxygen atoms in total. The maximum atomic E-state index is 12.9. The van der Waals surface area contributed by atoms with Crippen molar-refractivity contribution in [3.63, 3.8) is 0 Å². The number of carbonyl (C=O) groups excluding carboxylic acids is 3. The van der Waals surface area contributed by atoms with Gasteiger partial charge in [-0.05, 0) is 57.8 Å². The molecule has 69 heavy (non-hydrogen) atoms. The highest BCUT2D eigenvalue weighted by molar-refractivity contribution is 5.71. The minimum Gasteiger partial charge on any atom is -0.462 e. The second-order valence-electron chi connectivity index (χ2n) is 18.7. The van der Waals surface area contributed by atoms with Crippen LogP contribution in [-0.2, 0) is 28.6 Å². The molecule has 0 bridgehead atoms. The van der Waals surface area contributed by atoms with E-state index in [1.54, 1.807) is 0 Å². The highest BCUT2D eigenvalue weighted by atomic mass is 16.6. The topological polar surface area (TPSA) is 78.9 Å². The number of carbonyl (C=O) groups is 3. The van der Waals surface area contributed by atoms with Crippen molar-refractivity contribution in [2.75, 3.05) is 13.2 Å². The van der Waals surface area contributed by atoms with Gasteiger partial charge in [0, 0.05) is 19.3 Å². The first-order valence-electron chi connectivity index (χ1n) is 28.5. The molecule has 392 valence electrons. The summed E-state index contributed by atoms with van der Waals surface area (Å²) >= 11 is 0. The lowest BCUT2D eigenvalue weighted by atomic mass is 10.0. The Bertz CT molecular complexity index is 1420. The average Bonchev–Trinajstić information content (AvgIpc) is 3.35. The molecule has 0 amide bonds. The second kappa shape index (κ2) is 56.7. The summed E-state index contributed by atoms with van der Waals surface area (Å²) in [5.41, 5.74) is 0. The van der Waals surface area contributed by atoms with Crippen LogP contribution in [0.15, 0.2) is 109 Å². The molecule has 0 spiro atoms. The van der Waals surface area contributed by atoms with Crippen LogP contribution in [0.2, 0.25) is 0 Å².